The van der Waals surface area contributed by atoms with Crippen LogP contribution in [0.15, 0.2) is 12.2 Å². The second-order valence-corrected chi connectivity index (χ2v) is 2.96. The molecule has 0 aromatic carbocycles. The van der Waals surface area contributed by atoms with Gasteiger partial charge in [0.15, 0.2) is 0 Å². The lowest BCUT2D eigenvalue weighted by Crippen LogP contribution is -1.88. The van der Waals surface area contributed by atoms with Crippen LogP contribution in [-0.2, 0) is 0 Å². The van der Waals surface area contributed by atoms with Crippen LogP contribution in [0.2, 0.25) is 0 Å². The van der Waals surface area contributed by atoms with Crippen LogP contribution in [0, 0.1) is 17.2 Å². The molecule has 0 radical (unpaired) electrons. The Morgan fingerprint density at radius 3 is 2.73 bits per heavy atom. The summed E-state index contributed by atoms with van der Waals surface area (Å²) in [5.74, 6) is 0.571. The van der Waals surface area contributed by atoms with Gasteiger partial charge in [0.2, 0.25) is 0 Å². The molecule has 0 N–H and O–H groups in total. The van der Waals surface area contributed by atoms with E-state index in [4.69, 9.17) is 5.26 Å². The van der Waals surface area contributed by atoms with Crippen LogP contribution >= 0.6 is 0 Å². The predicted octanol–water partition coefficient (Wildman–Crippen LogP) is 3.28. The van der Waals surface area contributed by atoms with Crippen molar-refractivity contribution in [2.24, 2.45) is 5.92 Å². The van der Waals surface area contributed by atoms with Crippen LogP contribution in [-0.4, -0.2) is 0 Å². The summed E-state index contributed by atoms with van der Waals surface area (Å²) in [7, 11) is 0. The van der Waals surface area contributed by atoms with Gasteiger partial charge in [-0.1, -0.05) is 39.2 Å². The Hall–Kier alpha value is -0.770. The quantitative estimate of drug-likeness (QED) is 0.437. The summed E-state index contributed by atoms with van der Waals surface area (Å²) >= 11 is 0. The summed E-state index contributed by atoms with van der Waals surface area (Å²) in [6.07, 6.45) is 8.64. The average Bonchev–Trinajstić information content (AvgIpc) is 2.01. The summed E-state index contributed by atoms with van der Waals surface area (Å²) in [6, 6.07) is 2.01. The van der Waals surface area contributed by atoms with Crippen molar-refractivity contribution in [3.63, 3.8) is 0 Å². The van der Waals surface area contributed by atoms with Gasteiger partial charge in [-0.05, 0) is 12.3 Å². The molecule has 0 spiro atoms. The molecule has 0 aliphatic rings. The standard InChI is InChI=1S/C10H17N/c1-3-4-5-7-10(2)8-6-9-11/h6,8,10H,3-5,7H2,1-2H3/b8-6-/t10-/m1/s1. The first-order valence-electron chi connectivity index (χ1n) is 4.37. The lowest BCUT2D eigenvalue weighted by Gasteiger charge is -2.02. The topological polar surface area (TPSA) is 23.8 Å². The third-order valence-electron chi connectivity index (χ3n) is 1.76. The van der Waals surface area contributed by atoms with Gasteiger partial charge in [0, 0.05) is 6.08 Å². The van der Waals surface area contributed by atoms with E-state index in [0.717, 1.165) is 0 Å². The van der Waals surface area contributed by atoms with E-state index in [0.29, 0.717) is 5.92 Å². The lowest BCUT2D eigenvalue weighted by molar-refractivity contribution is 0.576. The van der Waals surface area contributed by atoms with Crippen molar-refractivity contribution < 1.29 is 0 Å². The van der Waals surface area contributed by atoms with Gasteiger partial charge in [-0.25, -0.2) is 0 Å². The second kappa shape index (κ2) is 7.34. The molecular formula is C10H17N. The monoisotopic (exact) mass is 151 g/mol. The summed E-state index contributed by atoms with van der Waals surface area (Å²) in [4.78, 5) is 0. The van der Waals surface area contributed by atoms with Gasteiger partial charge in [-0.2, -0.15) is 5.26 Å². The third kappa shape index (κ3) is 7.12. The van der Waals surface area contributed by atoms with Crippen molar-refractivity contribution in [2.75, 3.05) is 0 Å². The van der Waals surface area contributed by atoms with Gasteiger partial charge in [0.1, 0.15) is 0 Å². The number of hydrogen-bond acceptors (Lipinski definition) is 1. The van der Waals surface area contributed by atoms with E-state index in [2.05, 4.69) is 13.8 Å². The molecular weight excluding hydrogens is 134 g/mol. The summed E-state index contributed by atoms with van der Waals surface area (Å²) < 4.78 is 0. The Morgan fingerprint density at radius 2 is 2.18 bits per heavy atom. The molecule has 1 nitrogen and oxygen atoms in total. The molecule has 0 fully saturated rings. The van der Waals surface area contributed by atoms with E-state index in [1.165, 1.54) is 25.7 Å². The Bertz CT molecular complexity index is 141. The molecule has 0 rings (SSSR count). The molecule has 62 valence electrons. The Labute approximate surface area is 69.7 Å². The molecule has 0 unspecified atom stereocenters. The summed E-state index contributed by atoms with van der Waals surface area (Å²) in [5, 5.41) is 8.25. The zero-order valence-electron chi connectivity index (χ0n) is 7.51. The Kier molecular flexibility index (Phi) is 6.82. The maximum absolute atomic E-state index is 8.25. The van der Waals surface area contributed by atoms with E-state index in [1.807, 2.05) is 12.1 Å². The number of nitrogens with zero attached hydrogens (tertiary/aromatic N) is 1. The number of allylic oxidation sites excluding steroid dienone is 2. The molecule has 0 aromatic heterocycles. The van der Waals surface area contributed by atoms with Crippen molar-refractivity contribution in [1.82, 2.24) is 0 Å². The predicted molar refractivity (Wildman–Crippen MR) is 48.1 cm³/mol. The maximum Gasteiger partial charge on any atom is 0.0908 e. The van der Waals surface area contributed by atoms with Crippen LogP contribution in [0.25, 0.3) is 0 Å². The van der Waals surface area contributed by atoms with E-state index in [-0.39, 0.29) is 0 Å². The zero-order valence-corrected chi connectivity index (χ0v) is 7.51. The largest absolute Gasteiger partial charge is 0.193 e. The van der Waals surface area contributed by atoms with Crippen LogP contribution in [0.5, 0.6) is 0 Å². The first-order chi connectivity index (χ1) is 5.31. The molecule has 1 atom stereocenters. The van der Waals surface area contributed by atoms with Gasteiger partial charge in [0.05, 0.1) is 6.07 Å². The maximum atomic E-state index is 8.25. The van der Waals surface area contributed by atoms with Crippen molar-refractivity contribution in [3.05, 3.63) is 12.2 Å². The normalized spacial score (nSPS) is 13.2. The Balaban J connectivity index is 3.31. The highest BCUT2D eigenvalue weighted by Gasteiger charge is 1.94. The molecule has 0 heterocycles. The van der Waals surface area contributed by atoms with Gasteiger partial charge in [-0.3, -0.25) is 0 Å². The fourth-order valence-corrected chi connectivity index (χ4v) is 1.02. The van der Waals surface area contributed by atoms with E-state index < -0.39 is 0 Å². The number of hydrogen-bond donors (Lipinski definition) is 0. The van der Waals surface area contributed by atoms with Gasteiger partial charge in [0.25, 0.3) is 0 Å². The highest BCUT2D eigenvalue weighted by atomic mass is 14.2. The third-order valence-corrected chi connectivity index (χ3v) is 1.76. The molecule has 11 heavy (non-hydrogen) atoms. The minimum absolute atomic E-state index is 0.571. The molecule has 1 heteroatoms. The molecule has 0 aliphatic carbocycles. The second-order valence-electron chi connectivity index (χ2n) is 2.96. The number of rotatable bonds is 5. The smallest absolute Gasteiger partial charge is 0.0908 e. The lowest BCUT2D eigenvalue weighted by atomic mass is 10.0. The molecule has 0 aromatic rings. The van der Waals surface area contributed by atoms with E-state index in [9.17, 15) is 0 Å². The minimum atomic E-state index is 0.571. The SMILES string of the molecule is CCCCC[C@@H](C)/C=C\C#N. The molecule has 0 amide bonds. The average molecular weight is 151 g/mol. The molecule has 0 aliphatic heterocycles. The molecule has 0 saturated heterocycles. The van der Waals surface area contributed by atoms with E-state index in [1.54, 1.807) is 6.08 Å². The fraction of sp³-hybridized carbons (Fsp3) is 0.700. The van der Waals surface area contributed by atoms with Crippen molar-refractivity contribution in [2.45, 2.75) is 39.5 Å². The van der Waals surface area contributed by atoms with Crippen LogP contribution in [0.3, 0.4) is 0 Å². The number of nitriles is 1. The zero-order chi connectivity index (χ0) is 8.53. The first kappa shape index (κ1) is 10.2. The highest BCUT2D eigenvalue weighted by molar-refractivity contribution is 5.03. The summed E-state index contributed by atoms with van der Waals surface area (Å²) in [6.45, 7) is 4.36. The van der Waals surface area contributed by atoms with Gasteiger partial charge >= 0.3 is 0 Å². The van der Waals surface area contributed by atoms with Crippen molar-refractivity contribution in [3.8, 4) is 6.07 Å². The summed E-state index contributed by atoms with van der Waals surface area (Å²) in [5.41, 5.74) is 0. The minimum Gasteiger partial charge on any atom is -0.193 e. The van der Waals surface area contributed by atoms with Crippen LogP contribution in [0.4, 0.5) is 0 Å². The molecule has 0 saturated carbocycles. The first-order valence-corrected chi connectivity index (χ1v) is 4.37. The fourth-order valence-electron chi connectivity index (χ4n) is 1.02. The Morgan fingerprint density at radius 1 is 1.45 bits per heavy atom. The van der Waals surface area contributed by atoms with Crippen LogP contribution < -0.4 is 0 Å². The van der Waals surface area contributed by atoms with Gasteiger partial charge < -0.3 is 0 Å². The molecule has 0 bridgehead atoms. The van der Waals surface area contributed by atoms with Crippen LogP contribution in [0.1, 0.15) is 39.5 Å². The van der Waals surface area contributed by atoms with Crippen molar-refractivity contribution >= 4 is 0 Å². The number of unbranched alkanes of at least 4 members (excludes halogenated alkanes) is 2. The van der Waals surface area contributed by atoms with E-state index >= 15 is 0 Å². The van der Waals surface area contributed by atoms with Crippen molar-refractivity contribution in [1.29, 1.82) is 5.26 Å². The highest BCUT2D eigenvalue weighted by Crippen LogP contribution is 2.09. The van der Waals surface area contributed by atoms with Gasteiger partial charge in [-0.15, -0.1) is 0 Å².